The fraction of sp³-hybridized carbons (Fsp3) is 0.0309. The number of nitrogens with zero attached hydrogens (tertiary/aromatic N) is 5. The predicted molar refractivity (Wildman–Crippen MR) is 435 cm³/mol. The van der Waals surface area contributed by atoms with E-state index in [1.807, 2.05) is 23.5 Å². The molecule has 0 N–H and O–H groups in total. The Morgan fingerprint density at radius 3 is 1.25 bits per heavy atom. The Morgan fingerprint density at radius 2 is 0.663 bits per heavy atom. The van der Waals surface area contributed by atoms with Crippen molar-refractivity contribution in [3.63, 3.8) is 0 Å². The van der Waals surface area contributed by atoms with Gasteiger partial charge in [-0.05, 0) is 195 Å². The van der Waals surface area contributed by atoms with Crippen LogP contribution in [-0.4, -0.2) is 23.7 Å². The van der Waals surface area contributed by atoms with Crippen LogP contribution >= 0.6 is 11.3 Å². The van der Waals surface area contributed by atoms with Gasteiger partial charge in [0, 0.05) is 102 Å². The normalized spacial score (nSPS) is 12.8. The van der Waals surface area contributed by atoms with Crippen molar-refractivity contribution in [2.24, 2.45) is 0 Å². The summed E-state index contributed by atoms with van der Waals surface area (Å²) in [6.45, 7) is 4.69. The van der Waals surface area contributed by atoms with Crippen molar-refractivity contribution in [1.29, 1.82) is 0 Å². The Labute approximate surface area is 602 Å². The molecule has 0 spiro atoms. The molecule has 0 saturated carbocycles. The highest BCUT2D eigenvalue weighted by Crippen LogP contribution is 2.51. The maximum atomic E-state index is 6.26. The summed E-state index contributed by atoms with van der Waals surface area (Å²) >= 11 is 1.85. The zero-order valence-corrected chi connectivity index (χ0v) is 57.6. The lowest BCUT2D eigenvalue weighted by Gasteiger charge is -2.21. The Bertz CT molecular complexity index is 6940. The van der Waals surface area contributed by atoms with Gasteiger partial charge < -0.3 is 18.1 Å². The van der Waals surface area contributed by atoms with Crippen LogP contribution in [0.1, 0.15) is 25.0 Å². The minimum absolute atomic E-state index is 0.0584. The third-order valence-electron chi connectivity index (χ3n) is 22.2. The summed E-state index contributed by atoms with van der Waals surface area (Å²) in [4.78, 5) is 11.3. The van der Waals surface area contributed by atoms with Gasteiger partial charge in [-0.3, -0.25) is 0 Å². The molecule has 0 radical (unpaired) electrons. The van der Waals surface area contributed by atoms with Crippen molar-refractivity contribution in [2.75, 3.05) is 0 Å². The smallest absolute Gasteiger partial charge is 0.160 e. The van der Waals surface area contributed by atoms with Crippen molar-refractivity contribution in [1.82, 2.24) is 23.7 Å². The molecule has 22 rings (SSSR count). The minimum Gasteiger partial charge on any atom is -0.456 e. The molecule has 0 unspecified atom stereocenters. The summed E-state index contributed by atoms with van der Waals surface area (Å²) in [5.74, 6) is 0.628. The Morgan fingerprint density at radius 1 is 0.260 bits per heavy atom. The molecule has 1 aliphatic rings. The van der Waals surface area contributed by atoms with E-state index in [-0.39, 0.29) is 5.41 Å². The van der Waals surface area contributed by atoms with Gasteiger partial charge in [0.2, 0.25) is 0 Å². The van der Waals surface area contributed by atoms with Crippen molar-refractivity contribution >= 4 is 119 Å². The first-order valence-corrected chi connectivity index (χ1v) is 36.5. The molecular weight excluding hydrogens is 1280 g/mol. The highest BCUT2D eigenvalue weighted by Gasteiger charge is 2.35. The molecule has 6 heterocycles. The van der Waals surface area contributed by atoms with Gasteiger partial charge in [0.15, 0.2) is 5.82 Å². The molecule has 21 aromatic rings. The SMILES string of the molecule is CC1(C)c2ccccc2-c2cc(-c3ccc4c(c3)c3ccccc3n4-c3cccc(-c4cc(-c5cccc(-n6c7ccccc7c7cc(-c8ccc9oc%10ccccc%10c9c8)ccc76)c5)nc(-c5cccc(-n6c7ccccc7c7cc(-c8ccc9sc%10ccccc%10c9c8)ccc76)c5)n4)c3)ccc21. The molecule has 6 nitrogen and oxygen atoms in total. The van der Waals surface area contributed by atoms with E-state index in [1.165, 1.54) is 97.0 Å². The molecule has 0 fully saturated rings. The number of hydrogen-bond acceptors (Lipinski definition) is 4. The maximum absolute atomic E-state index is 6.26. The fourth-order valence-corrected chi connectivity index (χ4v) is 18.4. The zero-order chi connectivity index (χ0) is 68.5. The van der Waals surface area contributed by atoms with Crippen LogP contribution in [0.2, 0.25) is 0 Å². The number of thiophene rings is 1. The molecule has 0 atom stereocenters. The van der Waals surface area contributed by atoms with Crippen molar-refractivity contribution < 1.29 is 4.42 Å². The number of benzene rings is 15. The van der Waals surface area contributed by atoms with Crippen LogP contribution in [0.15, 0.2) is 338 Å². The molecule has 0 amide bonds. The standard InChI is InChI=1S/C97H61N5OS/c1-97(2)82-30-9-3-24-70(82)76-51-58(36-42-83(76)97)59-37-43-89-77(52-59)71-25-4-10-31-86(71)100(89)67-21-15-18-64(48-67)84-57-85(65-19-16-22-68(49-65)101-87-32-11-5-26-72(87)78-53-60(38-44-90(78)101)62-40-46-93-80(55-62)74-28-7-13-34-92(74)103-93)99-96(98-84)66-20-17-23-69(50-66)102-88-33-12-6-27-73(88)79-54-61(39-45-91(79)102)63-41-47-95-81(56-63)75-29-8-14-35-94(75)104-95/h3-57H,1-2H3. The second-order valence-electron chi connectivity index (χ2n) is 28.4. The number of para-hydroxylation sites is 4. The molecule has 0 aliphatic heterocycles. The van der Waals surface area contributed by atoms with E-state index in [4.69, 9.17) is 14.4 Å². The highest BCUT2D eigenvalue weighted by atomic mass is 32.1. The van der Waals surface area contributed by atoms with Gasteiger partial charge in [-0.25, -0.2) is 9.97 Å². The van der Waals surface area contributed by atoms with E-state index in [9.17, 15) is 0 Å². The lowest BCUT2D eigenvalue weighted by Crippen LogP contribution is -2.14. The third kappa shape index (κ3) is 8.93. The molecule has 0 bridgehead atoms. The quantitative estimate of drug-likeness (QED) is 0.145. The molecule has 15 aromatic carbocycles. The summed E-state index contributed by atoms with van der Waals surface area (Å²) in [5.41, 5.74) is 28.6. The van der Waals surface area contributed by atoms with Crippen LogP contribution in [0.5, 0.6) is 0 Å². The van der Waals surface area contributed by atoms with Gasteiger partial charge in [0.25, 0.3) is 0 Å². The summed E-state index contributed by atoms with van der Waals surface area (Å²) in [7, 11) is 0. The molecule has 486 valence electrons. The van der Waals surface area contributed by atoms with E-state index < -0.39 is 0 Å². The van der Waals surface area contributed by atoms with E-state index >= 15 is 0 Å². The largest absolute Gasteiger partial charge is 0.456 e. The monoisotopic (exact) mass is 1340 g/mol. The second-order valence-corrected chi connectivity index (χ2v) is 29.5. The number of hydrogen-bond donors (Lipinski definition) is 0. The zero-order valence-electron chi connectivity index (χ0n) is 56.8. The average molecular weight is 1340 g/mol. The second kappa shape index (κ2) is 22.4. The maximum Gasteiger partial charge on any atom is 0.160 e. The first kappa shape index (κ1) is 58.6. The van der Waals surface area contributed by atoms with Gasteiger partial charge in [0.05, 0.1) is 44.5 Å². The fourth-order valence-electron chi connectivity index (χ4n) is 17.3. The Kier molecular flexibility index (Phi) is 12.6. The van der Waals surface area contributed by atoms with Crippen molar-refractivity contribution in [2.45, 2.75) is 19.3 Å². The highest BCUT2D eigenvalue weighted by molar-refractivity contribution is 7.25. The van der Waals surface area contributed by atoms with Gasteiger partial charge in [-0.2, -0.15) is 0 Å². The summed E-state index contributed by atoms with van der Waals surface area (Å²) in [6.07, 6.45) is 0. The molecule has 0 saturated heterocycles. The third-order valence-corrected chi connectivity index (χ3v) is 23.4. The van der Waals surface area contributed by atoms with Gasteiger partial charge >= 0.3 is 0 Å². The van der Waals surface area contributed by atoms with Crippen molar-refractivity contribution in [3.8, 4) is 95.5 Å². The summed E-state index contributed by atoms with van der Waals surface area (Å²) in [6, 6.07) is 122. The number of aromatic nitrogens is 5. The van der Waals surface area contributed by atoms with Crippen molar-refractivity contribution in [3.05, 3.63) is 345 Å². The van der Waals surface area contributed by atoms with Crippen LogP contribution in [0.4, 0.5) is 0 Å². The molecule has 104 heavy (non-hydrogen) atoms. The van der Waals surface area contributed by atoms with Gasteiger partial charge in [0.1, 0.15) is 11.2 Å². The van der Waals surface area contributed by atoms with Crippen LogP contribution in [-0.2, 0) is 5.41 Å². The van der Waals surface area contributed by atoms with Crippen LogP contribution in [0.3, 0.4) is 0 Å². The lowest BCUT2D eigenvalue weighted by molar-refractivity contribution is 0.660. The van der Waals surface area contributed by atoms with E-state index in [0.29, 0.717) is 5.82 Å². The van der Waals surface area contributed by atoms with E-state index in [2.05, 4.69) is 349 Å². The average Bonchev–Trinajstić information content (AvgIpc) is 1.58. The van der Waals surface area contributed by atoms with E-state index in [0.717, 1.165) is 111 Å². The topological polar surface area (TPSA) is 53.7 Å². The van der Waals surface area contributed by atoms with E-state index in [1.54, 1.807) is 0 Å². The molecule has 1 aliphatic carbocycles. The minimum atomic E-state index is -0.0584. The first-order valence-electron chi connectivity index (χ1n) is 35.7. The molecule has 6 aromatic heterocycles. The Hall–Kier alpha value is -13.2. The summed E-state index contributed by atoms with van der Waals surface area (Å²) < 4.78 is 16.1. The lowest BCUT2D eigenvalue weighted by atomic mass is 9.82. The summed E-state index contributed by atoms with van der Waals surface area (Å²) in [5, 5.41) is 12.0. The predicted octanol–water partition coefficient (Wildman–Crippen LogP) is 26.3. The van der Waals surface area contributed by atoms with Gasteiger partial charge in [-0.1, -0.05) is 208 Å². The number of fused-ring (bicyclic) bond motifs is 18. The number of rotatable bonds is 9. The molecule has 7 heteroatoms. The number of furan rings is 1. The molecular formula is C97H61N5OS. The Balaban J connectivity index is 0.685. The van der Waals surface area contributed by atoms with Gasteiger partial charge in [-0.15, -0.1) is 11.3 Å². The van der Waals surface area contributed by atoms with Crippen LogP contribution in [0.25, 0.3) is 203 Å². The first-order chi connectivity index (χ1) is 51.3. The van der Waals surface area contributed by atoms with Crippen LogP contribution in [0, 0.1) is 0 Å². The van der Waals surface area contributed by atoms with Crippen LogP contribution < -0.4 is 0 Å².